The molecule has 0 spiro atoms. The van der Waals surface area contributed by atoms with Crippen LogP contribution in [0.4, 0.5) is 13.2 Å². The fraction of sp³-hybridized carbons (Fsp3) is 0.462. The molecular formula is C13H14BrF3N2O2. The summed E-state index contributed by atoms with van der Waals surface area (Å²) < 4.78 is 38.5. The van der Waals surface area contributed by atoms with Crippen molar-refractivity contribution in [1.29, 1.82) is 0 Å². The second-order valence-corrected chi connectivity index (χ2v) is 5.76. The highest BCUT2D eigenvalue weighted by Crippen LogP contribution is 2.32. The molecule has 2 atom stereocenters. The van der Waals surface area contributed by atoms with E-state index in [2.05, 4.69) is 21.2 Å². The minimum Gasteiger partial charge on any atom is -0.390 e. The zero-order valence-corrected chi connectivity index (χ0v) is 12.7. The average Bonchev–Trinajstić information content (AvgIpc) is 2.82. The Balaban J connectivity index is 2.30. The number of hydrogen-bond donors (Lipinski definition) is 2. The van der Waals surface area contributed by atoms with E-state index in [-0.39, 0.29) is 10.0 Å². The van der Waals surface area contributed by atoms with Gasteiger partial charge in [-0.3, -0.25) is 4.79 Å². The number of nitrogens with zero attached hydrogens (tertiary/aromatic N) is 1. The molecule has 1 fully saturated rings. The summed E-state index contributed by atoms with van der Waals surface area (Å²) in [5.74, 6) is -0.569. The Bertz CT molecular complexity index is 551. The first kappa shape index (κ1) is 16.3. The van der Waals surface area contributed by atoms with E-state index in [1.807, 2.05) is 0 Å². The van der Waals surface area contributed by atoms with Crippen LogP contribution in [0.3, 0.4) is 0 Å². The molecule has 4 nitrogen and oxygen atoms in total. The van der Waals surface area contributed by atoms with E-state index in [0.29, 0.717) is 13.1 Å². The molecule has 1 amide bonds. The zero-order chi connectivity index (χ0) is 15.8. The summed E-state index contributed by atoms with van der Waals surface area (Å²) in [4.78, 5) is 13.6. The smallest absolute Gasteiger partial charge is 0.390 e. The lowest BCUT2D eigenvalue weighted by molar-refractivity contribution is -0.137. The summed E-state index contributed by atoms with van der Waals surface area (Å²) in [6, 6.07) is 2.47. The van der Waals surface area contributed by atoms with Crippen LogP contribution >= 0.6 is 15.9 Å². The van der Waals surface area contributed by atoms with E-state index >= 15 is 0 Å². The third-order valence-electron chi connectivity index (χ3n) is 3.49. The molecule has 1 aliphatic rings. The van der Waals surface area contributed by atoms with Crippen molar-refractivity contribution < 1.29 is 23.1 Å². The Morgan fingerprint density at radius 2 is 2.10 bits per heavy atom. The van der Waals surface area contributed by atoms with Crippen LogP contribution in [0.5, 0.6) is 0 Å². The number of β-amino-alcohol motifs (C(OH)–C–C–N with tert-alkyl or cyclic N) is 1. The van der Waals surface area contributed by atoms with Gasteiger partial charge in [0, 0.05) is 24.6 Å². The number of alkyl halides is 3. The summed E-state index contributed by atoms with van der Waals surface area (Å²) >= 11 is 3.10. The molecule has 2 N–H and O–H groups in total. The van der Waals surface area contributed by atoms with Crippen LogP contribution in [-0.2, 0) is 6.18 Å². The molecular weight excluding hydrogens is 353 g/mol. The lowest BCUT2D eigenvalue weighted by Gasteiger charge is -2.27. The Hall–Kier alpha value is -1.12. The number of aliphatic hydroxyl groups excluding tert-OH is 1. The van der Waals surface area contributed by atoms with Gasteiger partial charge in [-0.2, -0.15) is 13.2 Å². The van der Waals surface area contributed by atoms with Gasteiger partial charge in [0.25, 0.3) is 5.91 Å². The molecule has 1 saturated heterocycles. The molecule has 0 unspecified atom stereocenters. The molecule has 1 heterocycles. The number of amides is 1. The molecule has 116 valence electrons. The van der Waals surface area contributed by atoms with Crippen molar-refractivity contribution in [3.05, 3.63) is 33.8 Å². The van der Waals surface area contributed by atoms with E-state index < -0.39 is 29.8 Å². The molecule has 0 aliphatic carbocycles. The number of hydrogen-bond acceptors (Lipinski definition) is 3. The summed E-state index contributed by atoms with van der Waals surface area (Å²) in [5, 5.41) is 12.7. The SMILES string of the molecule is CN(C(=O)c1cc(C(F)(F)F)ccc1Br)[C@H]1CNC[C@@H]1O. The van der Waals surface area contributed by atoms with Gasteiger partial charge in [-0.1, -0.05) is 0 Å². The fourth-order valence-corrected chi connectivity index (χ4v) is 2.67. The molecule has 8 heteroatoms. The van der Waals surface area contributed by atoms with Crippen LogP contribution < -0.4 is 5.32 Å². The molecule has 2 rings (SSSR count). The molecule has 0 radical (unpaired) electrons. The summed E-state index contributed by atoms with van der Waals surface area (Å²) in [6.45, 7) is 0.756. The number of rotatable bonds is 2. The van der Waals surface area contributed by atoms with Crippen LogP contribution in [0.15, 0.2) is 22.7 Å². The van der Waals surface area contributed by atoms with Crippen molar-refractivity contribution in [3.8, 4) is 0 Å². The maximum atomic E-state index is 12.7. The standard InChI is InChI=1S/C13H14BrF3N2O2/c1-19(10-5-18-6-11(10)20)12(21)8-4-7(13(15,16)17)2-3-9(8)14/h2-4,10-11,18,20H,5-6H2,1H3/t10-,11-/m0/s1. The van der Waals surface area contributed by atoms with Gasteiger partial charge >= 0.3 is 6.18 Å². The van der Waals surface area contributed by atoms with Crippen molar-refractivity contribution in [3.63, 3.8) is 0 Å². The van der Waals surface area contributed by atoms with Crippen LogP contribution in [0, 0.1) is 0 Å². The van der Waals surface area contributed by atoms with Gasteiger partial charge in [0.05, 0.1) is 23.3 Å². The van der Waals surface area contributed by atoms with Crippen molar-refractivity contribution in [2.75, 3.05) is 20.1 Å². The van der Waals surface area contributed by atoms with E-state index in [1.54, 1.807) is 0 Å². The lowest BCUT2D eigenvalue weighted by atomic mass is 10.1. The molecule has 21 heavy (non-hydrogen) atoms. The molecule has 0 bridgehead atoms. The molecule has 0 saturated carbocycles. The Labute approximate surface area is 128 Å². The number of benzene rings is 1. The minimum absolute atomic E-state index is 0.0774. The highest BCUT2D eigenvalue weighted by Gasteiger charge is 2.34. The van der Waals surface area contributed by atoms with Crippen LogP contribution in [0.2, 0.25) is 0 Å². The molecule has 1 aliphatic heterocycles. The normalized spacial score (nSPS) is 22.4. The predicted molar refractivity (Wildman–Crippen MR) is 73.9 cm³/mol. The fourth-order valence-electron chi connectivity index (χ4n) is 2.25. The summed E-state index contributed by atoms with van der Waals surface area (Å²) in [5.41, 5.74) is -0.959. The van der Waals surface area contributed by atoms with Gasteiger partial charge in [0.15, 0.2) is 0 Å². The number of likely N-dealkylation sites (N-methyl/N-ethyl adjacent to an activating group) is 1. The van der Waals surface area contributed by atoms with Crippen molar-refractivity contribution in [1.82, 2.24) is 10.2 Å². The van der Waals surface area contributed by atoms with E-state index in [0.717, 1.165) is 12.1 Å². The number of nitrogens with one attached hydrogen (secondary N) is 1. The predicted octanol–water partition coefficient (Wildman–Crippen LogP) is 1.87. The van der Waals surface area contributed by atoms with Crippen LogP contribution in [-0.4, -0.2) is 48.2 Å². The topological polar surface area (TPSA) is 52.6 Å². The zero-order valence-electron chi connectivity index (χ0n) is 11.1. The minimum atomic E-state index is -4.51. The Morgan fingerprint density at radius 1 is 1.43 bits per heavy atom. The van der Waals surface area contributed by atoms with Gasteiger partial charge in [0.1, 0.15) is 0 Å². The Morgan fingerprint density at radius 3 is 2.62 bits per heavy atom. The van der Waals surface area contributed by atoms with Gasteiger partial charge < -0.3 is 15.3 Å². The third-order valence-corrected chi connectivity index (χ3v) is 4.18. The molecule has 0 aromatic heterocycles. The number of carbonyl (C=O) groups excluding carboxylic acids is 1. The first-order valence-electron chi connectivity index (χ1n) is 6.24. The largest absolute Gasteiger partial charge is 0.416 e. The van der Waals surface area contributed by atoms with Crippen molar-refractivity contribution in [2.24, 2.45) is 0 Å². The average molecular weight is 367 g/mol. The summed E-state index contributed by atoms with van der Waals surface area (Å²) in [6.07, 6.45) is -5.24. The van der Waals surface area contributed by atoms with E-state index in [4.69, 9.17) is 0 Å². The second-order valence-electron chi connectivity index (χ2n) is 4.90. The van der Waals surface area contributed by atoms with E-state index in [9.17, 15) is 23.1 Å². The quantitative estimate of drug-likeness (QED) is 0.840. The first-order chi connectivity index (χ1) is 9.71. The van der Waals surface area contributed by atoms with Gasteiger partial charge in [-0.05, 0) is 34.1 Å². The first-order valence-corrected chi connectivity index (χ1v) is 7.04. The molecule has 1 aromatic carbocycles. The maximum Gasteiger partial charge on any atom is 0.416 e. The van der Waals surface area contributed by atoms with Gasteiger partial charge in [-0.15, -0.1) is 0 Å². The lowest BCUT2D eigenvalue weighted by Crippen LogP contribution is -2.44. The monoisotopic (exact) mass is 366 g/mol. The highest BCUT2D eigenvalue weighted by molar-refractivity contribution is 9.10. The summed E-state index contributed by atoms with van der Waals surface area (Å²) in [7, 11) is 1.47. The van der Waals surface area contributed by atoms with Crippen LogP contribution in [0.25, 0.3) is 0 Å². The number of halogens is 4. The van der Waals surface area contributed by atoms with Crippen molar-refractivity contribution in [2.45, 2.75) is 18.3 Å². The number of aliphatic hydroxyl groups is 1. The van der Waals surface area contributed by atoms with Gasteiger partial charge in [0.2, 0.25) is 0 Å². The molecule has 1 aromatic rings. The highest BCUT2D eigenvalue weighted by atomic mass is 79.9. The third kappa shape index (κ3) is 3.38. The Kier molecular flexibility index (Phi) is 4.60. The van der Waals surface area contributed by atoms with Crippen LogP contribution in [0.1, 0.15) is 15.9 Å². The number of carbonyl (C=O) groups is 1. The van der Waals surface area contributed by atoms with E-state index in [1.165, 1.54) is 18.0 Å². The van der Waals surface area contributed by atoms with Crippen molar-refractivity contribution >= 4 is 21.8 Å². The van der Waals surface area contributed by atoms with Gasteiger partial charge in [-0.25, -0.2) is 0 Å². The maximum absolute atomic E-state index is 12.7. The second kappa shape index (κ2) is 5.94.